The lowest BCUT2D eigenvalue weighted by molar-refractivity contribution is -0.170. The molecule has 0 aliphatic heterocycles. The lowest BCUT2D eigenvalue weighted by atomic mass is 10.1. The van der Waals surface area contributed by atoms with E-state index in [0.717, 1.165) is 28.4 Å². The van der Waals surface area contributed by atoms with Crippen molar-refractivity contribution in [3.05, 3.63) is 98.5 Å². The molecule has 2 aromatic heterocycles. The van der Waals surface area contributed by atoms with Crippen molar-refractivity contribution in [2.45, 2.75) is 26.3 Å². The zero-order chi connectivity index (χ0) is 25.2. The van der Waals surface area contributed by atoms with Crippen LogP contribution in [-0.4, -0.2) is 27.0 Å². The number of pyridine rings is 1. The van der Waals surface area contributed by atoms with Gasteiger partial charge in [-0.15, -0.1) is 0 Å². The number of halogens is 3. The van der Waals surface area contributed by atoms with Crippen LogP contribution in [-0.2, 0) is 17.9 Å². The van der Waals surface area contributed by atoms with Crippen molar-refractivity contribution in [1.29, 1.82) is 0 Å². The van der Waals surface area contributed by atoms with E-state index in [-0.39, 0.29) is 17.9 Å². The van der Waals surface area contributed by atoms with Crippen LogP contribution < -0.4 is 20.9 Å². The fourth-order valence-electron chi connectivity index (χ4n) is 3.56. The van der Waals surface area contributed by atoms with E-state index >= 15 is 0 Å². The maximum atomic E-state index is 13.2. The third-order valence-corrected chi connectivity index (χ3v) is 5.18. The summed E-state index contributed by atoms with van der Waals surface area (Å²) in [5, 5.41) is 0.919. The summed E-state index contributed by atoms with van der Waals surface area (Å²) >= 11 is 0. The van der Waals surface area contributed by atoms with Crippen molar-refractivity contribution < 1.29 is 22.7 Å². The van der Waals surface area contributed by atoms with Crippen LogP contribution in [0, 0.1) is 6.92 Å². The minimum Gasteiger partial charge on any atom is -0.489 e. The summed E-state index contributed by atoms with van der Waals surface area (Å²) in [6.45, 7) is 1.36. The molecule has 4 aromatic rings. The molecule has 4 rings (SSSR count). The van der Waals surface area contributed by atoms with Gasteiger partial charge in [0.1, 0.15) is 12.4 Å². The molecule has 0 aliphatic rings. The highest BCUT2D eigenvalue weighted by Crippen LogP contribution is 2.27. The second-order valence-electron chi connectivity index (χ2n) is 7.71. The first-order valence-corrected chi connectivity index (χ1v) is 10.4. The standard InChI is InChI=1S/C24H19F3N4O4/c1-14-10-15(19-4-2-3-5-20(19)29-14)13-35-18-8-6-17(7-9-18)31(22(33)24(25,26)27)12-16-11-28-23(34)30-21(16)32/h2-11H,12-13H2,1H3,(H2,28,30,32,34). The Morgan fingerprint density at radius 1 is 1.06 bits per heavy atom. The van der Waals surface area contributed by atoms with Crippen LogP contribution in [0.3, 0.4) is 0 Å². The number of H-pyrrole nitrogens is 2. The van der Waals surface area contributed by atoms with Crippen LogP contribution in [0.1, 0.15) is 16.8 Å². The second-order valence-corrected chi connectivity index (χ2v) is 7.71. The summed E-state index contributed by atoms with van der Waals surface area (Å²) in [4.78, 5) is 44.2. The second kappa shape index (κ2) is 9.45. The summed E-state index contributed by atoms with van der Waals surface area (Å²) in [7, 11) is 0. The highest BCUT2D eigenvalue weighted by Gasteiger charge is 2.43. The van der Waals surface area contributed by atoms with Crippen LogP contribution in [0.5, 0.6) is 5.75 Å². The Balaban J connectivity index is 1.57. The molecule has 0 radical (unpaired) electrons. The summed E-state index contributed by atoms with van der Waals surface area (Å²) in [5.41, 5.74) is 0.497. The lowest BCUT2D eigenvalue weighted by Crippen LogP contribution is -2.42. The number of carbonyl (C=O) groups is 1. The molecule has 35 heavy (non-hydrogen) atoms. The van der Waals surface area contributed by atoms with Gasteiger partial charge in [0.25, 0.3) is 5.56 Å². The number of hydrogen-bond donors (Lipinski definition) is 2. The Morgan fingerprint density at radius 2 is 1.77 bits per heavy atom. The van der Waals surface area contributed by atoms with Gasteiger partial charge in [0.05, 0.1) is 17.6 Å². The van der Waals surface area contributed by atoms with Crippen molar-refractivity contribution in [1.82, 2.24) is 15.0 Å². The van der Waals surface area contributed by atoms with Gasteiger partial charge < -0.3 is 9.72 Å². The van der Waals surface area contributed by atoms with E-state index in [1.165, 1.54) is 24.3 Å². The number of alkyl halides is 3. The largest absolute Gasteiger partial charge is 0.489 e. The lowest BCUT2D eigenvalue weighted by Gasteiger charge is -2.23. The topological polar surface area (TPSA) is 108 Å². The number of ether oxygens (including phenoxy) is 1. The monoisotopic (exact) mass is 484 g/mol. The first kappa shape index (κ1) is 23.7. The van der Waals surface area contributed by atoms with Crippen molar-refractivity contribution in [3.63, 3.8) is 0 Å². The number of carbonyl (C=O) groups excluding carboxylic acids is 1. The number of anilines is 1. The average Bonchev–Trinajstić information content (AvgIpc) is 2.81. The molecular formula is C24H19F3N4O4. The summed E-state index contributed by atoms with van der Waals surface area (Å²) < 4.78 is 45.5. The molecule has 0 aliphatic carbocycles. The number of amides is 1. The minimum atomic E-state index is -5.18. The van der Waals surface area contributed by atoms with Crippen molar-refractivity contribution in [2.24, 2.45) is 0 Å². The van der Waals surface area contributed by atoms with Crippen LogP contribution in [0.2, 0.25) is 0 Å². The molecule has 0 fully saturated rings. The first-order chi connectivity index (χ1) is 16.6. The van der Waals surface area contributed by atoms with Crippen LogP contribution >= 0.6 is 0 Å². The highest BCUT2D eigenvalue weighted by atomic mass is 19.4. The number of nitrogens with zero attached hydrogens (tertiary/aromatic N) is 2. The van der Waals surface area contributed by atoms with Crippen LogP contribution in [0.4, 0.5) is 18.9 Å². The van der Waals surface area contributed by atoms with Gasteiger partial charge in [0.2, 0.25) is 0 Å². The fourth-order valence-corrected chi connectivity index (χ4v) is 3.56. The van der Waals surface area contributed by atoms with E-state index in [4.69, 9.17) is 4.74 Å². The third-order valence-electron chi connectivity index (χ3n) is 5.18. The zero-order valence-corrected chi connectivity index (χ0v) is 18.3. The number of rotatable bonds is 6. The summed E-state index contributed by atoms with van der Waals surface area (Å²) in [5.74, 6) is -1.79. The number of aromatic nitrogens is 3. The average molecular weight is 484 g/mol. The van der Waals surface area contributed by atoms with E-state index in [1.807, 2.05) is 42.2 Å². The van der Waals surface area contributed by atoms with Gasteiger partial charge >= 0.3 is 17.8 Å². The SMILES string of the molecule is Cc1cc(COc2ccc(N(Cc3c[nH]c(=O)[nH]c3=O)C(=O)C(F)(F)F)cc2)c2ccccc2n1. The van der Waals surface area contributed by atoms with E-state index in [0.29, 0.717) is 10.6 Å². The van der Waals surface area contributed by atoms with Crippen LogP contribution in [0.15, 0.2) is 70.4 Å². The summed E-state index contributed by atoms with van der Waals surface area (Å²) in [6.07, 6.45) is -4.21. The number of aromatic amines is 2. The predicted octanol–water partition coefficient (Wildman–Crippen LogP) is 3.59. The quantitative estimate of drug-likeness (QED) is 0.435. The maximum Gasteiger partial charge on any atom is 0.471 e. The highest BCUT2D eigenvalue weighted by molar-refractivity contribution is 5.97. The molecule has 2 heterocycles. The van der Waals surface area contributed by atoms with Gasteiger partial charge in [-0.05, 0) is 43.3 Å². The molecule has 0 unspecified atom stereocenters. The molecule has 8 nitrogen and oxygen atoms in total. The van der Waals surface area contributed by atoms with Crippen LogP contribution in [0.25, 0.3) is 10.9 Å². The number of hydrogen-bond acceptors (Lipinski definition) is 5. The van der Waals surface area contributed by atoms with Gasteiger partial charge in [-0.25, -0.2) is 4.79 Å². The summed E-state index contributed by atoms with van der Waals surface area (Å²) in [6, 6.07) is 14.9. The van der Waals surface area contributed by atoms with E-state index in [1.54, 1.807) is 0 Å². The Kier molecular flexibility index (Phi) is 6.41. The molecule has 0 saturated heterocycles. The molecule has 0 saturated carbocycles. The molecule has 11 heteroatoms. The molecule has 1 amide bonds. The molecule has 2 N–H and O–H groups in total. The van der Waals surface area contributed by atoms with Gasteiger partial charge in [-0.2, -0.15) is 13.2 Å². The minimum absolute atomic E-state index is 0.101. The molecule has 180 valence electrons. The van der Waals surface area contributed by atoms with E-state index < -0.39 is 29.9 Å². The Bertz CT molecular complexity index is 1490. The number of fused-ring (bicyclic) bond motifs is 1. The number of nitrogens with one attached hydrogen (secondary N) is 2. The number of aryl methyl sites for hydroxylation is 1. The first-order valence-electron chi connectivity index (χ1n) is 10.4. The molecular weight excluding hydrogens is 465 g/mol. The third kappa shape index (κ3) is 5.40. The number of para-hydroxylation sites is 1. The van der Waals surface area contributed by atoms with Gasteiger partial charge in [0, 0.05) is 28.5 Å². The molecule has 2 aromatic carbocycles. The predicted molar refractivity (Wildman–Crippen MR) is 122 cm³/mol. The van der Waals surface area contributed by atoms with Gasteiger partial charge in [-0.3, -0.25) is 24.5 Å². The molecule has 0 bridgehead atoms. The zero-order valence-electron chi connectivity index (χ0n) is 18.3. The smallest absolute Gasteiger partial charge is 0.471 e. The Morgan fingerprint density at radius 3 is 2.46 bits per heavy atom. The van der Waals surface area contributed by atoms with Crippen molar-refractivity contribution >= 4 is 22.5 Å². The fraction of sp³-hybridized carbons (Fsp3) is 0.167. The van der Waals surface area contributed by atoms with Gasteiger partial charge in [-0.1, -0.05) is 18.2 Å². The van der Waals surface area contributed by atoms with Crippen molar-refractivity contribution in [2.75, 3.05) is 4.90 Å². The van der Waals surface area contributed by atoms with E-state index in [2.05, 4.69) is 9.97 Å². The Hall–Kier alpha value is -4.41. The van der Waals surface area contributed by atoms with E-state index in [9.17, 15) is 27.6 Å². The Labute approximate surface area is 196 Å². The molecule has 0 spiro atoms. The number of benzene rings is 2. The maximum absolute atomic E-state index is 13.2. The molecule has 0 atom stereocenters. The normalized spacial score (nSPS) is 11.4. The van der Waals surface area contributed by atoms with Crippen molar-refractivity contribution in [3.8, 4) is 5.75 Å². The van der Waals surface area contributed by atoms with Gasteiger partial charge in [0.15, 0.2) is 0 Å².